The van der Waals surface area contributed by atoms with Crippen molar-refractivity contribution in [3.63, 3.8) is 0 Å². The maximum atomic E-state index is 5.80. The number of nitrogens with two attached hydrogens (primary N) is 1. The van der Waals surface area contributed by atoms with E-state index in [2.05, 4.69) is 17.2 Å². The molecule has 0 spiro atoms. The summed E-state index contributed by atoms with van der Waals surface area (Å²) in [5.74, 6) is 0.829. The molecule has 0 unspecified atom stereocenters. The lowest BCUT2D eigenvalue weighted by atomic mass is 10.2. The van der Waals surface area contributed by atoms with Gasteiger partial charge in [0.1, 0.15) is 12.4 Å². The van der Waals surface area contributed by atoms with Crippen LogP contribution in [0.25, 0.3) is 5.69 Å². The van der Waals surface area contributed by atoms with Gasteiger partial charge in [-0.3, -0.25) is 0 Å². The highest BCUT2D eigenvalue weighted by Gasteiger charge is 2.11. The third-order valence-electron chi connectivity index (χ3n) is 3.70. The van der Waals surface area contributed by atoms with Crippen molar-refractivity contribution in [2.75, 3.05) is 0 Å². The van der Waals surface area contributed by atoms with Gasteiger partial charge in [-0.2, -0.15) is 0 Å². The molecular weight excluding hydrogens is 288 g/mol. The Bertz CT molecular complexity index is 750. The second-order valence-corrected chi connectivity index (χ2v) is 5.22. The summed E-state index contributed by atoms with van der Waals surface area (Å²) in [6, 6.07) is 18.0. The van der Waals surface area contributed by atoms with E-state index >= 15 is 0 Å². The van der Waals surface area contributed by atoms with Gasteiger partial charge in [-0.15, -0.1) is 5.10 Å². The maximum Gasteiger partial charge on any atom is 0.119 e. The largest absolute Gasteiger partial charge is 0.489 e. The van der Waals surface area contributed by atoms with E-state index in [1.807, 2.05) is 59.3 Å². The fourth-order valence-electron chi connectivity index (χ4n) is 2.48. The molecule has 0 amide bonds. The normalized spacial score (nSPS) is 10.7. The van der Waals surface area contributed by atoms with E-state index in [-0.39, 0.29) is 0 Å². The number of benzene rings is 2. The summed E-state index contributed by atoms with van der Waals surface area (Å²) in [4.78, 5) is 0. The van der Waals surface area contributed by atoms with E-state index in [0.717, 1.165) is 34.8 Å². The number of ether oxygens (including phenoxy) is 1. The van der Waals surface area contributed by atoms with Crippen LogP contribution >= 0.6 is 0 Å². The Morgan fingerprint density at radius 2 is 1.78 bits per heavy atom. The number of hydrogen-bond acceptors (Lipinski definition) is 4. The molecule has 0 fully saturated rings. The first kappa shape index (κ1) is 15.2. The van der Waals surface area contributed by atoms with E-state index in [9.17, 15) is 0 Å². The van der Waals surface area contributed by atoms with Crippen LogP contribution in [0, 0.1) is 0 Å². The summed E-state index contributed by atoms with van der Waals surface area (Å²) in [5.41, 5.74) is 9.70. The zero-order valence-electron chi connectivity index (χ0n) is 13.1. The lowest BCUT2D eigenvalue weighted by molar-refractivity contribution is 0.306. The molecule has 3 aromatic rings. The first-order valence-corrected chi connectivity index (χ1v) is 7.72. The number of rotatable bonds is 6. The highest BCUT2D eigenvalue weighted by Crippen LogP contribution is 2.18. The molecule has 5 nitrogen and oxygen atoms in total. The fraction of sp³-hybridized carbons (Fsp3) is 0.222. The number of hydrogen-bond donors (Lipinski definition) is 1. The smallest absolute Gasteiger partial charge is 0.119 e. The second-order valence-electron chi connectivity index (χ2n) is 5.22. The van der Waals surface area contributed by atoms with Crippen molar-refractivity contribution in [2.45, 2.75) is 26.5 Å². The first-order chi connectivity index (χ1) is 11.3. The standard InChI is InChI=1S/C18H20N4O/c1-2-18-17(12-19)20-21-22(18)15-8-10-16(11-9-15)23-13-14-6-4-3-5-7-14/h3-11H,2,12-13,19H2,1H3. The molecule has 1 aromatic heterocycles. The van der Waals surface area contributed by atoms with Crippen LogP contribution in [0.5, 0.6) is 5.75 Å². The summed E-state index contributed by atoms with van der Waals surface area (Å²) in [6.45, 7) is 3.04. The highest BCUT2D eigenvalue weighted by molar-refractivity contribution is 5.38. The first-order valence-electron chi connectivity index (χ1n) is 7.72. The van der Waals surface area contributed by atoms with E-state index < -0.39 is 0 Å². The SMILES string of the molecule is CCc1c(CN)nnn1-c1ccc(OCc2ccccc2)cc1. The van der Waals surface area contributed by atoms with E-state index in [4.69, 9.17) is 10.5 Å². The highest BCUT2D eigenvalue weighted by atomic mass is 16.5. The average molecular weight is 308 g/mol. The molecule has 0 aliphatic carbocycles. The molecule has 0 bridgehead atoms. The van der Waals surface area contributed by atoms with Crippen LogP contribution in [-0.2, 0) is 19.6 Å². The summed E-state index contributed by atoms with van der Waals surface area (Å²) < 4.78 is 7.64. The number of aromatic nitrogens is 3. The molecular formula is C18H20N4O. The molecule has 0 atom stereocenters. The zero-order chi connectivity index (χ0) is 16.1. The molecule has 0 aliphatic rings. The molecule has 2 aromatic carbocycles. The predicted octanol–water partition coefficient (Wildman–Crippen LogP) is 2.87. The van der Waals surface area contributed by atoms with E-state index in [1.165, 1.54) is 0 Å². The average Bonchev–Trinajstić information content (AvgIpc) is 3.04. The van der Waals surface area contributed by atoms with Crippen LogP contribution in [0.3, 0.4) is 0 Å². The minimum atomic E-state index is 0.404. The molecule has 118 valence electrons. The molecule has 3 rings (SSSR count). The van der Waals surface area contributed by atoms with Gasteiger partial charge in [0.25, 0.3) is 0 Å². The quantitative estimate of drug-likeness (QED) is 0.760. The maximum absolute atomic E-state index is 5.80. The minimum absolute atomic E-state index is 0.404. The van der Waals surface area contributed by atoms with Crippen LogP contribution in [0.1, 0.15) is 23.9 Å². The predicted molar refractivity (Wildman–Crippen MR) is 89.4 cm³/mol. The topological polar surface area (TPSA) is 66.0 Å². The monoisotopic (exact) mass is 308 g/mol. The van der Waals surface area contributed by atoms with Crippen LogP contribution < -0.4 is 10.5 Å². The van der Waals surface area contributed by atoms with Gasteiger partial charge in [-0.05, 0) is 36.2 Å². The molecule has 0 aliphatic heterocycles. The van der Waals surface area contributed by atoms with Crippen molar-refractivity contribution in [3.8, 4) is 11.4 Å². The Labute approximate surface area is 135 Å². The van der Waals surface area contributed by atoms with Crippen molar-refractivity contribution < 1.29 is 4.74 Å². The van der Waals surface area contributed by atoms with Crippen LogP contribution in [0.4, 0.5) is 0 Å². The van der Waals surface area contributed by atoms with E-state index in [1.54, 1.807) is 0 Å². The Hall–Kier alpha value is -2.66. The van der Waals surface area contributed by atoms with Gasteiger partial charge in [0.2, 0.25) is 0 Å². The van der Waals surface area contributed by atoms with Gasteiger partial charge in [0.05, 0.1) is 17.1 Å². The van der Waals surface area contributed by atoms with Crippen molar-refractivity contribution in [3.05, 3.63) is 71.5 Å². The summed E-state index contributed by atoms with van der Waals surface area (Å²) in [6.07, 6.45) is 0.839. The lowest BCUT2D eigenvalue weighted by Gasteiger charge is -2.09. The molecule has 0 radical (unpaired) electrons. The van der Waals surface area contributed by atoms with Crippen molar-refractivity contribution in [2.24, 2.45) is 5.73 Å². The zero-order valence-corrected chi connectivity index (χ0v) is 13.1. The number of nitrogens with zero attached hydrogens (tertiary/aromatic N) is 3. The van der Waals surface area contributed by atoms with Crippen LogP contribution in [0.2, 0.25) is 0 Å². The Morgan fingerprint density at radius 1 is 1.04 bits per heavy atom. The molecule has 2 N–H and O–H groups in total. The summed E-state index contributed by atoms with van der Waals surface area (Å²) in [5, 5.41) is 8.33. The molecule has 1 heterocycles. The third-order valence-corrected chi connectivity index (χ3v) is 3.70. The summed E-state index contributed by atoms with van der Waals surface area (Å²) in [7, 11) is 0. The van der Waals surface area contributed by atoms with Crippen LogP contribution in [0.15, 0.2) is 54.6 Å². The van der Waals surface area contributed by atoms with Gasteiger partial charge >= 0.3 is 0 Å². The van der Waals surface area contributed by atoms with Crippen molar-refractivity contribution in [1.29, 1.82) is 0 Å². The fourth-order valence-corrected chi connectivity index (χ4v) is 2.48. The van der Waals surface area contributed by atoms with Crippen LogP contribution in [-0.4, -0.2) is 15.0 Å². The molecule has 5 heteroatoms. The van der Waals surface area contributed by atoms with Gasteiger partial charge < -0.3 is 10.5 Å². The van der Waals surface area contributed by atoms with Crippen molar-refractivity contribution in [1.82, 2.24) is 15.0 Å². The van der Waals surface area contributed by atoms with E-state index in [0.29, 0.717) is 13.2 Å². The molecule has 0 saturated carbocycles. The second kappa shape index (κ2) is 7.07. The van der Waals surface area contributed by atoms with Gasteiger partial charge in [0, 0.05) is 6.54 Å². The molecule has 0 saturated heterocycles. The summed E-state index contributed by atoms with van der Waals surface area (Å²) >= 11 is 0. The van der Waals surface area contributed by atoms with Crippen molar-refractivity contribution >= 4 is 0 Å². The van der Waals surface area contributed by atoms with Gasteiger partial charge in [0.15, 0.2) is 0 Å². The Balaban J connectivity index is 1.73. The Morgan fingerprint density at radius 3 is 2.43 bits per heavy atom. The Kier molecular flexibility index (Phi) is 4.68. The minimum Gasteiger partial charge on any atom is -0.489 e. The van der Waals surface area contributed by atoms with Gasteiger partial charge in [-0.25, -0.2) is 4.68 Å². The third kappa shape index (κ3) is 3.40. The lowest BCUT2D eigenvalue weighted by Crippen LogP contribution is -2.05. The van der Waals surface area contributed by atoms with Gasteiger partial charge in [-0.1, -0.05) is 42.5 Å². The molecule has 23 heavy (non-hydrogen) atoms.